The van der Waals surface area contributed by atoms with Crippen molar-refractivity contribution in [3.05, 3.63) is 0 Å². The van der Waals surface area contributed by atoms with E-state index in [0.717, 1.165) is 0 Å². The van der Waals surface area contributed by atoms with Gasteiger partial charge in [-0.3, -0.25) is 0 Å². The van der Waals surface area contributed by atoms with Gasteiger partial charge in [-0.1, -0.05) is 0 Å². The standard InChI is InChI=1S/C3O2S.Fe/c1-6(2-4)3-5;. The summed E-state index contributed by atoms with van der Waals surface area (Å²) in [7, 11) is -1.22. The summed E-state index contributed by atoms with van der Waals surface area (Å²) in [5.41, 5.74) is 0. The Hall–Kier alpha value is -0.321. The summed E-state index contributed by atoms with van der Waals surface area (Å²) in [6, 6.07) is 0. The van der Waals surface area contributed by atoms with Crippen molar-refractivity contribution in [2.24, 2.45) is 0 Å². The van der Waals surface area contributed by atoms with E-state index < -0.39 is 9.66 Å². The van der Waals surface area contributed by atoms with Crippen LogP contribution < -0.4 is 0 Å². The molecule has 4 heteroatoms. The van der Waals surface area contributed by atoms with Gasteiger partial charge in [-0.2, -0.15) is 0 Å². The zero-order chi connectivity index (χ0) is 5.70. The van der Waals surface area contributed by atoms with E-state index >= 15 is 0 Å². The van der Waals surface area contributed by atoms with Gasteiger partial charge >= 0.3 is 49.2 Å². The van der Waals surface area contributed by atoms with Crippen LogP contribution in [0.1, 0.15) is 0 Å². The van der Waals surface area contributed by atoms with Crippen molar-refractivity contribution in [1.82, 2.24) is 0 Å². The van der Waals surface area contributed by atoms with Gasteiger partial charge in [-0.25, -0.2) is 0 Å². The minimum absolute atomic E-state index is 1.22. The average Bonchev–Trinajstić information content (AvgIpc) is 1.72. The number of carbonyl (C=O) groups excluding carboxylic acids is 2. The molecule has 2 nitrogen and oxygen atoms in total. The van der Waals surface area contributed by atoms with Gasteiger partial charge in [0.25, 0.3) is 0 Å². The van der Waals surface area contributed by atoms with Crippen LogP contribution in [0.25, 0.3) is 0 Å². The fourth-order valence-corrected chi connectivity index (χ4v) is 0.415. The van der Waals surface area contributed by atoms with Crippen molar-refractivity contribution in [2.75, 3.05) is 0 Å². The summed E-state index contributed by atoms with van der Waals surface area (Å²) < 4.78 is 2.13. The van der Waals surface area contributed by atoms with Crippen LogP contribution in [-0.4, -0.2) is 14.3 Å². The third kappa shape index (κ3) is 2.38. The number of hydrogen-bond donors (Lipinski definition) is 0. The Morgan fingerprint density at radius 3 is 1.71 bits per heavy atom. The van der Waals surface area contributed by atoms with Gasteiger partial charge < -0.3 is 0 Å². The molecule has 0 saturated heterocycles. The third-order valence-corrected chi connectivity index (χ3v) is 1.39. The molecule has 7 heavy (non-hydrogen) atoms. The molecule has 0 atom stereocenters. The molecule has 0 spiro atoms. The van der Waals surface area contributed by atoms with E-state index in [0.29, 0.717) is 0 Å². The average molecular weight is 156 g/mol. The van der Waals surface area contributed by atoms with Crippen molar-refractivity contribution >= 4 is 24.0 Å². The quantitative estimate of drug-likeness (QED) is 0.352. The summed E-state index contributed by atoms with van der Waals surface area (Å²) in [5, 5.41) is 2.76. The number of hydrogen-bond acceptors (Lipinski definition) is 2. The van der Waals surface area contributed by atoms with Gasteiger partial charge in [0.2, 0.25) is 0 Å². The van der Waals surface area contributed by atoms with Crippen LogP contribution in [0, 0.1) is 0 Å². The van der Waals surface area contributed by atoms with Gasteiger partial charge in [0.1, 0.15) is 0 Å². The normalized spacial score (nSPS) is 5.29. The molecule has 0 bridgehead atoms. The molecule has 0 fully saturated rings. The minimum atomic E-state index is -1.22. The summed E-state index contributed by atoms with van der Waals surface area (Å²) in [5.74, 6) is 0. The van der Waals surface area contributed by atoms with Crippen LogP contribution in [0.2, 0.25) is 0 Å². The SMILES string of the molecule is O=C=S(=C=O)=[C]=[Fe]. The Morgan fingerprint density at radius 1 is 1.29 bits per heavy atom. The zero-order valence-electron chi connectivity index (χ0n) is 3.08. The maximum absolute atomic E-state index is 9.49. The summed E-state index contributed by atoms with van der Waals surface area (Å²) in [6.45, 7) is 0. The molecular formula is C3FeO2S. The molecule has 0 radical (unpaired) electrons. The molecule has 0 aliphatic rings. The summed E-state index contributed by atoms with van der Waals surface area (Å²) >= 11 is 3.07. The van der Waals surface area contributed by atoms with E-state index in [4.69, 9.17) is 0 Å². The van der Waals surface area contributed by atoms with E-state index in [1.54, 1.807) is 0 Å². The van der Waals surface area contributed by atoms with Crippen LogP contribution in [0.15, 0.2) is 0 Å². The Labute approximate surface area is 49.6 Å². The zero-order valence-corrected chi connectivity index (χ0v) is 5.00. The van der Waals surface area contributed by atoms with Crippen molar-refractivity contribution in [3.63, 3.8) is 0 Å². The first-order valence-corrected chi connectivity index (χ1v) is 2.97. The van der Waals surface area contributed by atoms with E-state index in [2.05, 4.69) is 19.4 Å². The topological polar surface area (TPSA) is 34.1 Å². The first-order chi connectivity index (χ1) is 3.35. The van der Waals surface area contributed by atoms with Gasteiger partial charge in [-0.15, -0.1) is 0 Å². The van der Waals surface area contributed by atoms with Crippen LogP contribution >= 0.6 is 9.66 Å². The molecule has 0 aromatic rings. The van der Waals surface area contributed by atoms with Gasteiger partial charge in [0, 0.05) is 0 Å². The molecule has 0 amide bonds. The predicted octanol–water partition coefficient (Wildman–Crippen LogP) is -0.427. The van der Waals surface area contributed by atoms with Crippen LogP contribution in [-0.2, 0) is 25.2 Å². The van der Waals surface area contributed by atoms with E-state index in [9.17, 15) is 9.59 Å². The number of rotatable bonds is 0. The molecular weight excluding hydrogens is 156 g/mol. The second-order valence-electron chi connectivity index (χ2n) is 0.545. The Kier molecular flexibility index (Phi) is 3.68. The monoisotopic (exact) mass is 156 g/mol. The first kappa shape index (κ1) is 6.68. The van der Waals surface area contributed by atoms with Crippen molar-refractivity contribution < 1.29 is 25.2 Å². The van der Waals surface area contributed by atoms with Crippen molar-refractivity contribution in [3.8, 4) is 0 Å². The molecule has 0 heterocycles. The molecule has 0 aromatic heterocycles. The van der Waals surface area contributed by atoms with Gasteiger partial charge in [0.05, 0.1) is 0 Å². The van der Waals surface area contributed by atoms with E-state index in [1.165, 1.54) is 10.5 Å². The van der Waals surface area contributed by atoms with Crippen molar-refractivity contribution in [1.29, 1.82) is 0 Å². The second kappa shape index (κ2) is 3.86. The molecule has 0 aliphatic heterocycles. The molecule has 0 unspecified atom stereocenters. The molecule has 0 saturated carbocycles. The fraction of sp³-hybridized carbons (Fsp3) is 0. The summed E-state index contributed by atoms with van der Waals surface area (Å²) in [6.07, 6.45) is 0. The maximum atomic E-state index is 9.49. The third-order valence-electron chi connectivity index (χ3n) is 0.239. The molecule has 0 aromatic carbocycles. The van der Waals surface area contributed by atoms with E-state index in [1.807, 2.05) is 0 Å². The van der Waals surface area contributed by atoms with Crippen LogP contribution in [0.5, 0.6) is 0 Å². The Morgan fingerprint density at radius 2 is 1.71 bits per heavy atom. The Balaban J connectivity index is 5.98. The molecule has 0 N–H and O–H groups in total. The molecule has 38 valence electrons. The first-order valence-electron chi connectivity index (χ1n) is 1.20. The fourth-order valence-electron chi connectivity index (χ4n) is 0.0465. The van der Waals surface area contributed by atoms with Crippen LogP contribution in [0.3, 0.4) is 0 Å². The van der Waals surface area contributed by atoms with Crippen LogP contribution in [0.4, 0.5) is 0 Å². The second-order valence-corrected chi connectivity index (χ2v) is 2.31. The van der Waals surface area contributed by atoms with Gasteiger partial charge in [0.15, 0.2) is 0 Å². The predicted molar refractivity (Wildman–Crippen MR) is 24.0 cm³/mol. The van der Waals surface area contributed by atoms with E-state index in [-0.39, 0.29) is 0 Å². The molecule has 0 aliphatic carbocycles. The Bertz CT molecular complexity index is 212. The summed E-state index contributed by atoms with van der Waals surface area (Å²) in [4.78, 5) is 19.0. The van der Waals surface area contributed by atoms with Gasteiger partial charge in [-0.05, 0) is 0 Å². The van der Waals surface area contributed by atoms with Crippen molar-refractivity contribution in [2.45, 2.75) is 0 Å². The molecule has 0 rings (SSSR count).